The molecule has 4 atom stereocenters. The van der Waals surface area contributed by atoms with Crippen LogP contribution in [-0.4, -0.2) is 30.8 Å². The maximum absolute atomic E-state index is 11.8. The van der Waals surface area contributed by atoms with Gasteiger partial charge in [0.25, 0.3) is 0 Å². The Morgan fingerprint density at radius 3 is 2.39 bits per heavy atom. The standard InChI is InChI=1S/C19H38N2O2/c1-13(2)16(12-21-18(22)23-19(5,6)7)11-20-17-10-8-9-14(3)15(17)4/h13-17,20H,8-12H2,1-7H3,(H,21,22). The van der Waals surface area contributed by atoms with Crippen molar-refractivity contribution in [3.8, 4) is 0 Å². The van der Waals surface area contributed by atoms with Gasteiger partial charge in [-0.25, -0.2) is 4.79 Å². The molecule has 0 bridgehead atoms. The number of hydrogen-bond acceptors (Lipinski definition) is 3. The molecule has 0 saturated heterocycles. The van der Waals surface area contributed by atoms with Gasteiger partial charge in [0.05, 0.1) is 0 Å². The first-order valence-corrected chi connectivity index (χ1v) is 9.30. The van der Waals surface area contributed by atoms with E-state index in [1.807, 2.05) is 20.8 Å². The van der Waals surface area contributed by atoms with Crippen molar-refractivity contribution in [2.45, 2.75) is 79.4 Å². The summed E-state index contributed by atoms with van der Waals surface area (Å²) < 4.78 is 5.32. The van der Waals surface area contributed by atoms with Gasteiger partial charge in [-0.2, -0.15) is 0 Å². The predicted octanol–water partition coefficient (Wildman–Crippen LogP) is 4.20. The number of hydrogen-bond donors (Lipinski definition) is 2. The molecule has 4 heteroatoms. The van der Waals surface area contributed by atoms with E-state index in [0.29, 0.717) is 24.4 Å². The molecule has 4 nitrogen and oxygen atoms in total. The normalized spacial score (nSPS) is 26.9. The maximum Gasteiger partial charge on any atom is 0.407 e. The molecule has 136 valence electrons. The van der Waals surface area contributed by atoms with Gasteiger partial charge in [-0.05, 0) is 50.9 Å². The zero-order valence-electron chi connectivity index (χ0n) is 16.2. The summed E-state index contributed by atoms with van der Waals surface area (Å²) in [5.41, 5.74) is -0.441. The number of carbonyl (C=O) groups is 1. The lowest BCUT2D eigenvalue weighted by Crippen LogP contribution is -2.45. The van der Waals surface area contributed by atoms with E-state index in [0.717, 1.165) is 18.4 Å². The van der Waals surface area contributed by atoms with Gasteiger partial charge in [0, 0.05) is 19.1 Å². The molecule has 0 aromatic heterocycles. The number of nitrogens with one attached hydrogen (secondary N) is 2. The first-order chi connectivity index (χ1) is 10.6. The summed E-state index contributed by atoms with van der Waals surface area (Å²) in [5.74, 6) is 2.48. The molecule has 2 N–H and O–H groups in total. The third-order valence-electron chi connectivity index (χ3n) is 5.20. The topological polar surface area (TPSA) is 50.4 Å². The van der Waals surface area contributed by atoms with Crippen LogP contribution in [0.15, 0.2) is 0 Å². The molecule has 1 saturated carbocycles. The Morgan fingerprint density at radius 2 is 1.83 bits per heavy atom. The van der Waals surface area contributed by atoms with Crippen LogP contribution in [-0.2, 0) is 4.74 Å². The van der Waals surface area contributed by atoms with Gasteiger partial charge < -0.3 is 15.4 Å². The van der Waals surface area contributed by atoms with E-state index in [2.05, 4.69) is 38.3 Å². The van der Waals surface area contributed by atoms with Crippen LogP contribution in [0.25, 0.3) is 0 Å². The minimum Gasteiger partial charge on any atom is -0.444 e. The van der Waals surface area contributed by atoms with Crippen molar-refractivity contribution in [1.82, 2.24) is 10.6 Å². The average molecular weight is 327 g/mol. The van der Waals surface area contributed by atoms with Crippen molar-refractivity contribution >= 4 is 6.09 Å². The first kappa shape index (κ1) is 20.3. The second kappa shape index (κ2) is 8.91. The minimum absolute atomic E-state index is 0.317. The van der Waals surface area contributed by atoms with E-state index in [4.69, 9.17) is 4.74 Å². The Kier molecular flexibility index (Phi) is 7.85. The third kappa shape index (κ3) is 7.56. The summed E-state index contributed by atoms with van der Waals surface area (Å²) in [6.45, 7) is 16.4. The summed E-state index contributed by atoms with van der Waals surface area (Å²) in [5, 5.41) is 6.69. The van der Waals surface area contributed by atoms with Crippen molar-refractivity contribution in [1.29, 1.82) is 0 Å². The first-order valence-electron chi connectivity index (χ1n) is 9.30. The van der Waals surface area contributed by atoms with Gasteiger partial charge in [0.2, 0.25) is 0 Å². The van der Waals surface area contributed by atoms with E-state index < -0.39 is 5.60 Å². The van der Waals surface area contributed by atoms with E-state index in [1.165, 1.54) is 19.3 Å². The summed E-state index contributed by atoms with van der Waals surface area (Å²) in [6.07, 6.45) is 3.64. The molecule has 0 aromatic carbocycles. The molecule has 1 amide bonds. The molecule has 1 fully saturated rings. The molecule has 0 aliphatic heterocycles. The quantitative estimate of drug-likeness (QED) is 0.769. The minimum atomic E-state index is -0.441. The Bertz CT molecular complexity index is 363. The molecular formula is C19H38N2O2. The molecule has 0 heterocycles. The van der Waals surface area contributed by atoms with E-state index in [-0.39, 0.29) is 6.09 Å². The monoisotopic (exact) mass is 326 g/mol. The van der Waals surface area contributed by atoms with Crippen LogP contribution < -0.4 is 10.6 Å². The Balaban J connectivity index is 2.41. The summed E-state index contributed by atoms with van der Waals surface area (Å²) >= 11 is 0. The van der Waals surface area contributed by atoms with Crippen molar-refractivity contribution in [2.75, 3.05) is 13.1 Å². The largest absolute Gasteiger partial charge is 0.444 e. The summed E-state index contributed by atoms with van der Waals surface area (Å²) in [6, 6.07) is 0.613. The smallest absolute Gasteiger partial charge is 0.407 e. The highest BCUT2D eigenvalue weighted by Gasteiger charge is 2.27. The number of rotatable bonds is 6. The van der Waals surface area contributed by atoms with Crippen LogP contribution in [0.4, 0.5) is 4.79 Å². The van der Waals surface area contributed by atoms with Gasteiger partial charge in [-0.15, -0.1) is 0 Å². The molecule has 4 unspecified atom stereocenters. The van der Waals surface area contributed by atoms with Crippen LogP contribution in [0.5, 0.6) is 0 Å². The second-order valence-electron chi connectivity index (χ2n) is 8.67. The van der Waals surface area contributed by atoms with Crippen molar-refractivity contribution in [2.24, 2.45) is 23.7 Å². The Hall–Kier alpha value is -0.770. The zero-order valence-corrected chi connectivity index (χ0v) is 16.2. The lowest BCUT2D eigenvalue weighted by molar-refractivity contribution is 0.0513. The van der Waals surface area contributed by atoms with Crippen molar-refractivity contribution in [3.63, 3.8) is 0 Å². The van der Waals surface area contributed by atoms with Crippen LogP contribution in [0.1, 0.15) is 67.7 Å². The highest BCUT2D eigenvalue weighted by Crippen LogP contribution is 2.29. The van der Waals surface area contributed by atoms with Gasteiger partial charge in [0.1, 0.15) is 5.60 Å². The van der Waals surface area contributed by atoms with Crippen LogP contribution >= 0.6 is 0 Å². The van der Waals surface area contributed by atoms with Crippen LogP contribution in [0, 0.1) is 23.7 Å². The zero-order chi connectivity index (χ0) is 17.6. The number of alkyl carbamates (subject to hydrolysis) is 1. The predicted molar refractivity (Wildman–Crippen MR) is 96.5 cm³/mol. The lowest BCUT2D eigenvalue weighted by atomic mass is 9.78. The third-order valence-corrected chi connectivity index (χ3v) is 5.20. The van der Waals surface area contributed by atoms with Crippen LogP contribution in [0.3, 0.4) is 0 Å². The molecule has 23 heavy (non-hydrogen) atoms. The van der Waals surface area contributed by atoms with E-state index in [9.17, 15) is 4.79 Å². The molecule has 1 aliphatic rings. The van der Waals surface area contributed by atoms with E-state index in [1.54, 1.807) is 0 Å². The average Bonchev–Trinajstić information content (AvgIpc) is 2.40. The molecule has 0 radical (unpaired) electrons. The second-order valence-corrected chi connectivity index (χ2v) is 8.67. The fourth-order valence-electron chi connectivity index (χ4n) is 3.24. The Morgan fingerprint density at radius 1 is 1.17 bits per heavy atom. The number of amides is 1. The summed E-state index contributed by atoms with van der Waals surface area (Å²) in [4.78, 5) is 11.8. The molecule has 1 aliphatic carbocycles. The Labute approximate surface area is 143 Å². The van der Waals surface area contributed by atoms with Gasteiger partial charge in [-0.1, -0.05) is 40.5 Å². The number of carbonyl (C=O) groups excluding carboxylic acids is 1. The van der Waals surface area contributed by atoms with Crippen molar-refractivity contribution < 1.29 is 9.53 Å². The molecule has 0 aromatic rings. The maximum atomic E-state index is 11.8. The SMILES string of the molecule is CC(C)C(CNC(=O)OC(C)(C)C)CNC1CCCC(C)C1C. The summed E-state index contributed by atoms with van der Waals surface area (Å²) in [7, 11) is 0. The highest BCUT2D eigenvalue weighted by molar-refractivity contribution is 5.67. The molecule has 1 rings (SSSR count). The fourth-order valence-corrected chi connectivity index (χ4v) is 3.24. The van der Waals surface area contributed by atoms with Crippen LogP contribution in [0.2, 0.25) is 0 Å². The van der Waals surface area contributed by atoms with Crippen molar-refractivity contribution in [3.05, 3.63) is 0 Å². The van der Waals surface area contributed by atoms with E-state index >= 15 is 0 Å². The number of ether oxygens (including phenoxy) is 1. The lowest BCUT2D eigenvalue weighted by Gasteiger charge is -2.36. The highest BCUT2D eigenvalue weighted by atomic mass is 16.6. The molecule has 0 spiro atoms. The van der Waals surface area contributed by atoms with Gasteiger partial charge in [0.15, 0.2) is 0 Å². The molecular weight excluding hydrogens is 288 g/mol. The fraction of sp³-hybridized carbons (Fsp3) is 0.947. The van der Waals surface area contributed by atoms with Gasteiger partial charge >= 0.3 is 6.09 Å². The van der Waals surface area contributed by atoms with Gasteiger partial charge in [-0.3, -0.25) is 0 Å².